The Bertz CT molecular complexity index is 671. The van der Waals surface area contributed by atoms with Crippen molar-refractivity contribution in [2.24, 2.45) is 0 Å². The molecule has 4 nitrogen and oxygen atoms in total. The zero-order chi connectivity index (χ0) is 16.7. The van der Waals surface area contributed by atoms with E-state index in [2.05, 4.69) is 21.2 Å². The molecule has 120 valence electrons. The minimum absolute atomic E-state index is 0.121. The summed E-state index contributed by atoms with van der Waals surface area (Å²) in [4.78, 5) is 23.5. The third-order valence-electron chi connectivity index (χ3n) is 3.03. The molecule has 0 radical (unpaired) electrons. The van der Waals surface area contributed by atoms with Gasteiger partial charge < -0.3 is 10.1 Å². The van der Waals surface area contributed by atoms with Crippen molar-refractivity contribution < 1.29 is 14.3 Å². The largest absolute Gasteiger partial charge is 0.461 e. The Kier molecular flexibility index (Phi) is 6.62. The topological polar surface area (TPSA) is 55.4 Å². The van der Waals surface area contributed by atoms with Crippen molar-refractivity contribution in [3.05, 3.63) is 69.2 Å². The predicted octanol–water partition coefficient (Wildman–Crippen LogP) is 3.97. The Morgan fingerprint density at radius 1 is 1.04 bits per heavy atom. The first-order chi connectivity index (χ1) is 11.0. The van der Waals surface area contributed by atoms with Gasteiger partial charge in [-0.3, -0.25) is 9.59 Å². The van der Waals surface area contributed by atoms with Crippen molar-refractivity contribution in [3.63, 3.8) is 0 Å². The van der Waals surface area contributed by atoms with E-state index in [9.17, 15) is 9.59 Å². The van der Waals surface area contributed by atoms with Crippen LogP contribution in [-0.2, 0) is 16.1 Å². The standard InChI is InChI=1S/C17H15BrClNO3/c18-14-5-1-12(2-6-14)11-23-16(21)9-10-20-17(22)13-3-7-15(19)8-4-13/h1-8H,9-11H2,(H,20,22). The first-order valence-corrected chi connectivity index (χ1v) is 8.15. The number of ether oxygens (including phenoxy) is 1. The lowest BCUT2D eigenvalue weighted by atomic mass is 10.2. The number of carbonyl (C=O) groups is 2. The Labute approximate surface area is 147 Å². The van der Waals surface area contributed by atoms with Crippen molar-refractivity contribution in [2.75, 3.05) is 6.54 Å². The quantitative estimate of drug-likeness (QED) is 0.752. The highest BCUT2D eigenvalue weighted by Crippen LogP contribution is 2.11. The smallest absolute Gasteiger partial charge is 0.307 e. The molecule has 0 atom stereocenters. The average molecular weight is 397 g/mol. The van der Waals surface area contributed by atoms with Crippen LogP contribution in [0.3, 0.4) is 0 Å². The van der Waals surface area contributed by atoms with Gasteiger partial charge in [0.15, 0.2) is 0 Å². The summed E-state index contributed by atoms with van der Waals surface area (Å²) in [5.74, 6) is -0.605. The Balaban J connectivity index is 1.69. The number of hydrogen-bond donors (Lipinski definition) is 1. The van der Waals surface area contributed by atoms with Gasteiger partial charge >= 0.3 is 5.97 Å². The molecule has 0 aliphatic rings. The summed E-state index contributed by atoms with van der Waals surface area (Å²) in [7, 11) is 0. The monoisotopic (exact) mass is 395 g/mol. The van der Waals surface area contributed by atoms with Crippen LogP contribution in [0.5, 0.6) is 0 Å². The normalized spacial score (nSPS) is 10.2. The molecule has 1 amide bonds. The minimum Gasteiger partial charge on any atom is -0.461 e. The van der Waals surface area contributed by atoms with Gasteiger partial charge in [-0.05, 0) is 42.0 Å². The molecule has 0 saturated heterocycles. The molecule has 0 saturated carbocycles. The summed E-state index contributed by atoms with van der Waals surface area (Å²) in [6.45, 7) is 0.442. The van der Waals surface area contributed by atoms with Gasteiger partial charge in [0.1, 0.15) is 6.61 Å². The molecule has 0 unspecified atom stereocenters. The zero-order valence-electron chi connectivity index (χ0n) is 12.2. The van der Waals surface area contributed by atoms with E-state index in [1.807, 2.05) is 24.3 Å². The molecule has 23 heavy (non-hydrogen) atoms. The van der Waals surface area contributed by atoms with E-state index in [1.54, 1.807) is 24.3 Å². The van der Waals surface area contributed by atoms with Crippen molar-refractivity contribution in [2.45, 2.75) is 13.0 Å². The first kappa shape index (κ1) is 17.5. The van der Waals surface area contributed by atoms with Crippen LogP contribution in [0, 0.1) is 0 Å². The number of benzene rings is 2. The molecule has 0 heterocycles. The predicted molar refractivity (Wildman–Crippen MR) is 92.3 cm³/mol. The number of rotatable bonds is 6. The highest BCUT2D eigenvalue weighted by molar-refractivity contribution is 9.10. The number of esters is 1. The van der Waals surface area contributed by atoms with E-state index in [0.717, 1.165) is 10.0 Å². The van der Waals surface area contributed by atoms with Crippen molar-refractivity contribution in [3.8, 4) is 0 Å². The lowest BCUT2D eigenvalue weighted by Crippen LogP contribution is -2.26. The summed E-state index contributed by atoms with van der Waals surface area (Å²) in [6, 6.07) is 14.1. The maximum Gasteiger partial charge on any atom is 0.307 e. The summed E-state index contributed by atoms with van der Waals surface area (Å²) >= 11 is 9.10. The molecule has 2 aromatic carbocycles. The number of halogens is 2. The molecule has 6 heteroatoms. The van der Waals surface area contributed by atoms with Gasteiger partial charge in [0, 0.05) is 21.6 Å². The minimum atomic E-state index is -0.357. The number of nitrogens with one attached hydrogen (secondary N) is 1. The van der Waals surface area contributed by atoms with Gasteiger partial charge in [-0.25, -0.2) is 0 Å². The molecule has 2 aromatic rings. The van der Waals surface area contributed by atoms with E-state index < -0.39 is 0 Å². The number of carbonyl (C=O) groups excluding carboxylic acids is 2. The van der Waals surface area contributed by atoms with Gasteiger partial charge in [0.25, 0.3) is 5.91 Å². The fraction of sp³-hybridized carbons (Fsp3) is 0.176. The van der Waals surface area contributed by atoms with E-state index in [-0.39, 0.29) is 31.4 Å². The molecule has 2 rings (SSSR count). The van der Waals surface area contributed by atoms with E-state index in [4.69, 9.17) is 16.3 Å². The Morgan fingerprint density at radius 3 is 2.35 bits per heavy atom. The van der Waals surface area contributed by atoms with Crippen LogP contribution in [0.4, 0.5) is 0 Å². The third kappa shape index (κ3) is 6.04. The molecule has 0 aromatic heterocycles. The third-order valence-corrected chi connectivity index (χ3v) is 3.81. The van der Waals surface area contributed by atoms with Gasteiger partial charge in [0.05, 0.1) is 6.42 Å². The lowest BCUT2D eigenvalue weighted by Gasteiger charge is -2.07. The van der Waals surface area contributed by atoms with Crippen LogP contribution in [0.2, 0.25) is 5.02 Å². The second kappa shape index (κ2) is 8.70. The molecule has 0 bridgehead atoms. The SMILES string of the molecule is O=C(CCNC(=O)c1ccc(Cl)cc1)OCc1ccc(Br)cc1. The Morgan fingerprint density at radius 2 is 1.70 bits per heavy atom. The zero-order valence-corrected chi connectivity index (χ0v) is 14.6. The summed E-state index contributed by atoms with van der Waals surface area (Å²) in [6.07, 6.45) is 0.121. The highest BCUT2D eigenvalue weighted by Gasteiger charge is 2.07. The summed E-state index contributed by atoms with van der Waals surface area (Å²) in [5, 5.41) is 3.23. The number of hydrogen-bond acceptors (Lipinski definition) is 3. The van der Waals surface area contributed by atoms with Gasteiger partial charge in [-0.15, -0.1) is 0 Å². The summed E-state index contributed by atoms with van der Waals surface area (Å²) in [5.41, 5.74) is 1.41. The van der Waals surface area contributed by atoms with Crippen LogP contribution in [0.1, 0.15) is 22.3 Å². The van der Waals surface area contributed by atoms with E-state index in [0.29, 0.717) is 10.6 Å². The van der Waals surface area contributed by atoms with Gasteiger partial charge in [-0.2, -0.15) is 0 Å². The molecule has 0 aliphatic heterocycles. The molecule has 0 spiro atoms. The van der Waals surface area contributed by atoms with Gasteiger partial charge in [0.2, 0.25) is 0 Å². The van der Waals surface area contributed by atoms with Crippen LogP contribution >= 0.6 is 27.5 Å². The maximum atomic E-state index is 11.8. The second-order valence-electron chi connectivity index (χ2n) is 4.80. The van der Waals surface area contributed by atoms with Crippen LogP contribution < -0.4 is 5.32 Å². The summed E-state index contributed by atoms with van der Waals surface area (Å²) < 4.78 is 6.12. The van der Waals surface area contributed by atoms with E-state index >= 15 is 0 Å². The van der Waals surface area contributed by atoms with Crippen LogP contribution in [0.15, 0.2) is 53.0 Å². The molecule has 0 aliphatic carbocycles. The average Bonchev–Trinajstić information content (AvgIpc) is 2.55. The molecule has 1 N–H and O–H groups in total. The van der Waals surface area contributed by atoms with Crippen molar-refractivity contribution >= 4 is 39.4 Å². The van der Waals surface area contributed by atoms with Crippen LogP contribution in [-0.4, -0.2) is 18.4 Å². The maximum absolute atomic E-state index is 11.8. The number of amides is 1. The molecule has 0 fully saturated rings. The fourth-order valence-electron chi connectivity index (χ4n) is 1.80. The molecular formula is C17H15BrClNO3. The van der Waals surface area contributed by atoms with Crippen molar-refractivity contribution in [1.82, 2.24) is 5.32 Å². The molecular weight excluding hydrogens is 382 g/mol. The van der Waals surface area contributed by atoms with Gasteiger partial charge in [-0.1, -0.05) is 39.7 Å². The first-order valence-electron chi connectivity index (χ1n) is 6.98. The fourth-order valence-corrected chi connectivity index (χ4v) is 2.19. The Hall–Kier alpha value is -1.85. The highest BCUT2D eigenvalue weighted by atomic mass is 79.9. The lowest BCUT2D eigenvalue weighted by molar-refractivity contribution is -0.144. The van der Waals surface area contributed by atoms with Crippen LogP contribution in [0.25, 0.3) is 0 Å². The van der Waals surface area contributed by atoms with Crippen molar-refractivity contribution in [1.29, 1.82) is 0 Å². The second-order valence-corrected chi connectivity index (χ2v) is 6.15. The van der Waals surface area contributed by atoms with E-state index in [1.165, 1.54) is 0 Å².